The van der Waals surface area contributed by atoms with Crippen LogP contribution in [-0.2, 0) is 65.4 Å². The smallest absolute Gasteiger partial charge is 0.462 e. The highest BCUT2D eigenvalue weighted by Crippen LogP contribution is 2.45. The van der Waals surface area contributed by atoms with E-state index in [9.17, 15) is 43.2 Å². The molecule has 0 aromatic rings. The number of rotatable bonds is 75. The minimum absolute atomic E-state index is 0.103. The Labute approximate surface area is 594 Å². The van der Waals surface area contributed by atoms with Gasteiger partial charge in [-0.15, -0.1) is 0 Å². The first-order valence-corrected chi connectivity index (χ1v) is 43.3. The van der Waals surface area contributed by atoms with Gasteiger partial charge in [0.25, 0.3) is 0 Å². The zero-order valence-electron chi connectivity index (χ0n) is 63.7. The number of hydrogen-bond acceptors (Lipinski definition) is 15. The standard InChI is InChI=1S/C78H152O17P2/c1-9-70(7)56-48-40-32-25-21-17-14-15-18-22-26-33-42-50-58-75(80)88-64-73(94-77(82)60-52-44-34-27-23-19-13-11-12-16-20-24-30-38-46-54-68(3)4)66-92-96(84,85)90-62-72(79)63-91-97(86,87)93-67-74(65-89-76(81)59-51-43-37-36-41-49-57-71(8)10-2)95-78(83)61-53-45-35-29-28-31-39-47-55-69(5)6/h68-74,79H,9-67H2,1-8H3,(H,84,85)(H,86,87)/t70?,71?,72-,73-,74-/m1/s1. The van der Waals surface area contributed by atoms with E-state index in [2.05, 4.69) is 55.4 Å². The van der Waals surface area contributed by atoms with Crippen LogP contribution in [0.5, 0.6) is 0 Å². The molecule has 4 unspecified atom stereocenters. The molecule has 0 spiro atoms. The monoisotopic (exact) mass is 1420 g/mol. The van der Waals surface area contributed by atoms with Crippen LogP contribution >= 0.6 is 15.6 Å². The van der Waals surface area contributed by atoms with Crippen molar-refractivity contribution in [1.82, 2.24) is 0 Å². The molecular formula is C78H152O17P2. The molecule has 0 fully saturated rings. The van der Waals surface area contributed by atoms with E-state index in [0.29, 0.717) is 25.7 Å². The minimum atomic E-state index is -4.96. The summed E-state index contributed by atoms with van der Waals surface area (Å²) in [7, 11) is -9.92. The first-order chi connectivity index (χ1) is 46.7. The maximum atomic E-state index is 13.1. The Bertz CT molecular complexity index is 1910. The summed E-state index contributed by atoms with van der Waals surface area (Å²) in [5.74, 6) is 0.981. The van der Waals surface area contributed by atoms with Crippen molar-refractivity contribution in [1.29, 1.82) is 0 Å². The number of aliphatic hydroxyl groups is 1. The predicted molar refractivity (Wildman–Crippen MR) is 395 cm³/mol. The maximum Gasteiger partial charge on any atom is 0.472 e. The summed E-state index contributed by atoms with van der Waals surface area (Å²) in [5.41, 5.74) is 0. The van der Waals surface area contributed by atoms with Gasteiger partial charge < -0.3 is 33.8 Å². The first kappa shape index (κ1) is 95.1. The molecule has 0 bridgehead atoms. The van der Waals surface area contributed by atoms with Crippen molar-refractivity contribution in [2.75, 3.05) is 39.6 Å². The van der Waals surface area contributed by atoms with Gasteiger partial charge in [-0.25, -0.2) is 9.13 Å². The molecule has 19 heteroatoms. The lowest BCUT2D eigenvalue weighted by Gasteiger charge is -2.21. The van der Waals surface area contributed by atoms with Crippen molar-refractivity contribution in [3.8, 4) is 0 Å². The fourth-order valence-electron chi connectivity index (χ4n) is 11.8. The Morgan fingerprint density at radius 3 is 0.732 bits per heavy atom. The molecule has 0 aromatic carbocycles. The van der Waals surface area contributed by atoms with E-state index in [1.54, 1.807) is 0 Å². The van der Waals surface area contributed by atoms with E-state index in [1.165, 1.54) is 193 Å². The molecule has 0 aliphatic rings. The Kier molecular flexibility index (Phi) is 65.9. The van der Waals surface area contributed by atoms with Gasteiger partial charge in [0.1, 0.15) is 19.3 Å². The van der Waals surface area contributed by atoms with Crippen molar-refractivity contribution in [3.63, 3.8) is 0 Å². The number of aliphatic hydroxyl groups excluding tert-OH is 1. The highest BCUT2D eigenvalue weighted by Gasteiger charge is 2.30. The lowest BCUT2D eigenvalue weighted by Crippen LogP contribution is -2.30. The molecular weight excluding hydrogens is 1270 g/mol. The number of esters is 4. The number of phosphoric ester groups is 2. The zero-order chi connectivity index (χ0) is 71.7. The fourth-order valence-corrected chi connectivity index (χ4v) is 13.4. The summed E-state index contributed by atoms with van der Waals surface area (Å²) in [4.78, 5) is 72.9. The number of unbranched alkanes of at least 4 members (excludes halogenated alkanes) is 39. The lowest BCUT2D eigenvalue weighted by atomic mass is 9.99. The summed E-state index contributed by atoms with van der Waals surface area (Å²) in [6, 6.07) is 0. The molecule has 7 atom stereocenters. The van der Waals surface area contributed by atoms with Crippen molar-refractivity contribution >= 4 is 39.5 Å². The van der Waals surface area contributed by atoms with Crippen LogP contribution in [0.3, 0.4) is 0 Å². The van der Waals surface area contributed by atoms with Crippen LogP contribution in [0.25, 0.3) is 0 Å². The maximum absolute atomic E-state index is 13.1. The molecule has 0 radical (unpaired) electrons. The summed E-state index contributed by atoms with van der Waals surface area (Å²) < 4.78 is 68.6. The topological polar surface area (TPSA) is 237 Å². The van der Waals surface area contributed by atoms with Crippen LogP contribution in [0.4, 0.5) is 0 Å². The first-order valence-electron chi connectivity index (χ1n) is 40.3. The highest BCUT2D eigenvalue weighted by atomic mass is 31.2. The Morgan fingerprint density at radius 2 is 0.495 bits per heavy atom. The SMILES string of the molecule is CCC(C)CCCCCCCCCCCCCCCCC(=O)OC[C@H](COP(=O)(O)OC[C@@H](O)COP(=O)(O)OC[C@@H](COC(=O)CCCCCCCCC(C)CC)OC(=O)CCCCCCCCCCC(C)C)OC(=O)CCCCCCCCCCCCCCCCCC(C)C. The largest absolute Gasteiger partial charge is 0.472 e. The third-order valence-corrected chi connectivity index (χ3v) is 20.7. The van der Waals surface area contributed by atoms with Crippen LogP contribution < -0.4 is 0 Å². The summed E-state index contributed by atoms with van der Waals surface area (Å²) >= 11 is 0. The lowest BCUT2D eigenvalue weighted by molar-refractivity contribution is -0.161. The summed E-state index contributed by atoms with van der Waals surface area (Å²) in [6.45, 7) is 14.2. The average Bonchev–Trinajstić information content (AvgIpc) is 1.24. The van der Waals surface area contributed by atoms with Gasteiger partial charge >= 0.3 is 39.5 Å². The molecule has 0 heterocycles. The molecule has 3 N–H and O–H groups in total. The average molecular weight is 1420 g/mol. The van der Waals surface area contributed by atoms with Crippen LogP contribution in [0, 0.1) is 23.7 Å². The number of phosphoric acid groups is 2. The molecule has 0 saturated carbocycles. The van der Waals surface area contributed by atoms with Crippen molar-refractivity contribution in [2.24, 2.45) is 23.7 Å². The number of carbonyl (C=O) groups excluding carboxylic acids is 4. The van der Waals surface area contributed by atoms with Gasteiger partial charge in [-0.2, -0.15) is 0 Å². The van der Waals surface area contributed by atoms with Crippen LogP contribution in [0.2, 0.25) is 0 Å². The molecule has 0 rings (SSSR count). The number of hydrogen-bond donors (Lipinski definition) is 3. The molecule has 0 aliphatic heterocycles. The molecule has 97 heavy (non-hydrogen) atoms. The molecule has 576 valence electrons. The van der Waals surface area contributed by atoms with Crippen molar-refractivity contribution in [2.45, 2.75) is 414 Å². The fraction of sp³-hybridized carbons (Fsp3) is 0.949. The molecule has 17 nitrogen and oxygen atoms in total. The minimum Gasteiger partial charge on any atom is -0.462 e. The van der Waals surface area contributed by atoms with Gasteiger partial charge in [-0.1, -0.05) is 344 Å². The second kappa shape index (κ2) is 67.2. The van der Waals surface area contributed by atoms with Crippen LogP contribution in [-0.4, -0.2) is 96.7 Å². The van der Waals surface area contributed by atoms with Crippen molar-refractivity contribution in [3.05, 3.63) is 0 Å². The van der Waals surface area contributed by atoms with Gasteiger partial charge in [-0.3, -0.25) is 37.3 Å². The third kappa shape index (κ3) is 69.5. The molecule has 0 aliphatic carbocycles. The molecule has 0 saturated heterocycles. The zero-order valence-corrected chi connectivity index (χ0v) is 65.5. The Balaban J connectivity index is 5.24. The van der Waals surface area contributed by atoms with E-state index < -0.39 is 97.5 Å². The second-order valence-electron chi connectivity index (χ2n) is 29.5. The van der Waals surface area contributed by atoms with Crippen LogP contribution in [0.1, 0.15) is 396 Å². The van der Waals surface area contributed by atoms with E-state index >= 15 is 0 Å². The van der Waals surface area contributed by atoms with Crippen molar-refractivity contribution < 1.29 is 80.2 Å². The molecule has 0 aromatic heterocycles. The quantitative estimate of drug-likeness (QED) is 0.0222. The predicted octanol–water partition coefficient (Wildman–Crippen LogP) is 22.8. The third-order valence-electron chi connectivity index (χ3n) is 18.8. The van der Waals surface area contributed by atoms with Gasteiger partial charge in [0.05, 0.1) is 26.4 Å². The van der Waals surface area contributed by atoms with E-state index in [1.807, 2.05) is 0 Å². The number of carbonyl (C=O) groups is 4. The Morgan fingerprint density at radius 1 is 0.289 bits per heavy atom. The van der Waals surface area contributed by atoms with Crippen LogP contribution in [0.15, 0.2) is 0 Å². The number of ether oxygens (including phenoxy) is 4. The summed E-state index contributed by atoms with van der Waals surface area (Å²) in [6.07, 6.45) is 52.8. The molecule has 0 amide bonds. The second-order valence-corrected chi connectivity index (χ2v) is 32.4. The normalized spacial score (nSPS) is 14.6. The van der Waals surface area contributed by atoms with Gasteiger partial charge in [0.15, 0.2) is 12.2 Å². The Hall–Kier alpha value is -1.94. The highest BCUT2D eigenvalue weighted by molar-refractivity contribution is 7.47. The van der Waals surface area contributed by atoms with E-state index in [-0.39, 0.29) is 25.7 Å². The van der Waals surface area contributed by atoms with Gasteiger partial charge in [-0.05, 0) is 49.4 Å². The van der Waals surface area contributed by atoms with E-state index in [0.717, 1.165) is 120 Å². The van der Waals surface area contributed by atoms with Gasteiger partial charge in [0, 0.05) is 25.7 Å². The summed E-state index contributed by atoms with van der Waals surface area (Å²) in [5, 5.41) is 10.6. The van der Waals surface area contributed by atoms with Gasteiger partial charge in [0.2, 0.25) is 0 Å². The van der Waals surface area contributed by atoms with E-state index in [4.69, 9.17) is 37.0 Å².